The number of Topliss-reactive ketones (excluding diaryl/α,β-unsaturated/α-hetero) is 1. The van der Waals surface area contributed by atoms with Gasteiger partial charge in [-0.05, 0) is 22.8 Å². The number of hydrogen-bond acceptors (Lipinski definition) is 1. The summed E-state index contributed by atoms with van der Waals surface area (Å²) in [6.07, 6.45) is 5.33. The topological polar surface area (TPSA) is 17.1 Å². The zero-order valence-corrected chi connectivity index (χ0v) is 15.7. The van der Waals surface area contributed by atoms with Gasteiger partial charge in [-0.1, -0.05) is 91.0 Å². The number of hydrogen-bond donors (Lipinski definition) is 0. The summed E-state index contributed by atoms with van der Waals surface area (Å²) in [7, 11) is 0. The molecule has 0 heterocycles. The van der Waals surface area contributed by atoms with E-state index in [1.165, 1.54) is 5.56 Å². The zero-order chi connectivity index (χ0) is 17.5. The monoisotopic (exact) mass is 310 g/mol. The van der Waals surface area contributed by atoms with Gasteiger partial charge in [0, 0.05) is 16.6 Å². The lowest BCUT2D eigenvalue weighted by Gasteiger charge is -2.37. The molecule has 124 valence electrons. The molecule has 0 atom stereocenters. The average molecular weight is 310 g/mol. The fourth-order valence-corrected chi connectivity index (χ4v) is 3.23. The van der Waals surface area contributed by atoms with E-state index in [1.54, 1.807) is 0 Å². The van der Waals surface area contributed by atoms with Crippen LogP contribution in [0.2, 0.25) is 0 Å². The smallest absolute Gasteiger partial charge is 0.185 e. The summed E-state index contributed by atoms with van der Waals surface area (Å²) in [5.74, 6) is 0.218. The predicted octanol–water partition coefficient (Wildman–Crippen LogP) is 5.76. The van der Waals surface area contributed by atoms with Crippen molar-refractivity contribution in [2.45, 2.75) is 54.9 Å². The highest BCUT2D eigenvalue weighted by Crippen LogP contribution is 2.44. The molecule has 2 rings (SSSR count). The summed E-state index contributed by atoms with van der Waals surface area (Å²) < 4.78 is 0. The van der Waals surface area contributed by atoms with Gasteiger partial charge in [0.15, 0.2) is 5.78 Å². The van der Waals surface area contributed by atoms with E-state index in [0.717, 1.165) is 17.6 Å². The molecule has 0 bridgehead atoms. The van der Waals surface area contributed by atoms with Gasteiger partial charge in [0.25, 0.3) is 0 Å². The minimum Gasteiger partial charge on any atom is -0.289 e. The molecule has 0 fully saturated rings. The van der Waals surface area contributed by atoms with Crippen molar-refractivity contribution in [2.75, 3.05) is 0 Å². The average Bonchev–Trinajstić information content (AvgIpc) is 2.40. The Hall–Kier alpha value is -1.63. The number of ketones is 1. The summed E-state index contributed by atoms with van der Waals surface area (Å²) in [6, 6.07) is 10.5. The number of carbonyl (C=O) groups is 1. The molecule has 1 aliphatic rings. The molecular formula is C22H30O. The minimum atomic E-state index is -0.139. The molecule has 1 heteroatoms. The second-order valence-electron chi connectivity index (χ2n) is 9.11. The lowest BCUT2D eigenvalue weighted by molar-refractivity contribution is -0.114. The van der Waals surface area contributed by atoms with E-state index in [0.29, 0.717) is 0 Å². The molecule has 1 nitrogen and oxygen atoms in total. The van der Waals surface area contributed by atoms with Gasteiger partial charge in [0.05, 0.1) is 0 Å². The molecule has 23 heavy (non-hydrogen) atoms. The summed E-state index contributed by atoms with van der Waals surface area (Å²) in [5, 5.41) is 0. The lowest BCUT2D eigenvalue weighted by atomic mass is 9.65. The fourth-order valence-electron chi connectivity index (χ4n) is 3.23. The van der Waals surface area contributed by atoms with Crippen molar-refractivity contribution in [3.8, 4) is 0 Å². The second-order valence-corrected chi connectivity index (χ2v) is 9.11. The fraction of sp³-hybridized carbons (Fsp3) is 0.500. The SMILES string of the molecule is CC1(Cc2ccccc2)C=C(C(C)(C)C)C(=O)C(C(C)(C)C)=C1. The standard InChI is InChI=1S/C22H30O/c1-20(2,3)17-14-22(7,13-16-11-9-8-10-12-16)15-18(19(17)23)21(4,5)6/h8-12,14-15H,13H2,1-7H3. The Kier molecular flexibility index (Phi) is 4.45. The van der Waals surface area contributed by atoms with Crippen LogP contribution in [0.4, 0.5) is 0 Å². The number of benzene rings is 1. The van der Waals surface area contributed by atoms with Crippen LogP contribution in [0.3, 0.4) is 0 Å². The highest BCUT2D eigenvalue weighted by Gasteiger charge is 2.38. The van der Waals surface area contributed by atoms with Crippen LogP contribution in [0.1, 0.15) is 54.0 Å². The molecule has 0 spiro atoms. The molecule has 0 unspecified atom stereocenters. The first kappa shape index (κ1) is 17.7. The van der Waals surface area contributed by atoms with Crippen molar-refractivity contribution in [1.29, 1.82) is 0 Å². The molecule has 0 aromatic heterocycles. The van der Waals surface area contributed by atoms with Gasteiger partial charge in [0.1, 0.15) is 0 Å². The molecule has 0 saturated carbocycles. The molecule has 0 aliphatic heterocycles. The van der Waals surface area contributed by atoms with Crippen LogP contribution < -0.4 is 0 Å². The maximum absolute atomic E-state index is 13.0. The van der Waals surface area contributed by atoms with Crippen molar-refractivity contribution < 1.29 is 4.79 Å². The first-order valence-corrected chi connectivity index (χ1v) is 8.48. The van der Waals surface area contributed by atoms with E-state index in [-0.39, 0.29) is 22.0 Å². The van der Waals surface area contributed by atoms with Gasteiger partial charge < -0.3 is 0 Å². The van der Waals surface area contributed by atoms with Gasteiger partial charge in [-0.15, -0.1) is 0 Å². The molecule has 0 saturated heterocycles. The Balaban J connectivity index is 2.53. The number of carbonyl (C=O) groups excluding carboxylic acids is 1. The van der Waals surface area contributed by atoms with Crippen LogP contribution in [0, 0.1) is 16.2 Å². The van der Waals surface area contributed by atoms with E-state index in [4.69, 9.17) is 0 Å². The largest absolute Gasteiger partial charge is 0.289 e. The Morgan fingerprint density at radius 3 is 1.65 bits per heavy atom. The van der Waals surface area contributed by atoms with Crippen LogP contribution in [0.5, 0.6) is 0 Å². The maximum Gasteiger partial charge on any atom is 0.185 e. The number of rotatable bonds is 2. The van der Waals surface area contributed by atoms with Gasteiger partial charge in [-0.25, -0.2) is 0 Å². The first-order chi connectivity index (χ1) is 10.4. The van der Waals surface area contributed by atoms with E-state index in [9.17, 15) is 4.79 Å². The van der Waals surface area contributed by atoms with Crippen LogP contribution in [0.15, 0.2) is 53.6 Å². The lowest BCUT2D eigenvalue weighted by Crippen LogP contribution is -2.33. The third-order valence-electron chi connectivity index (χ3n) is 4.48. The predicted molar refractivity (Wildman–Crippen MR) is 98.3 cm³/mol. The Labute approximate surface area is 141 Å². The molecule has 1 aromatic carbocycles. The Morgan fingerprint density at radius 1 is 0.826 bits per heavy atom. The molecule has 0 radical (unpaired) electrons. The van der Waals surface area contributed by atoms with E-state index in [2.05, 4.69) is 84.9 Å². The van der Waals surface area contributed by atoms with Crippen LogP contribution in [-0.2, 0) is 11.2 Å². The molecule has 1 aromatic rings. The second kappa shape index (κ2) is 5.78. The van der Waals surface area contributed by atoms with Crippen molar-refractivity contribution in [3.05, 3.63) is 59.2 Å². The molecule has 0 N–H and O–H groups in total. The van der Waals surface area contributed by atoms with Crippen molar-refractivity contribution in [3.63, 3.8) is 0 Å². The summed E-state index contributed by atoms with van der Waals surface area (Å²) in [5.41, 5.74) is 2.80. The van der Waals surface area contributed by atoms with Crippen LogP contribution >= 0.6 is 0 Å². The Morgan fingerprint density at radius 2 is 1.26 bits per heavy atom. The highest BCUT2D eigenvalue weighted by molar-refractivity contribution is 6.10. The van der Waals surface area contributed by atoms with E-state index < -0.39 is 0 Å². The third kappa shape index (κ3) is 4.02. The van der Waals surface area contributed by atoms with E-state index >= 15 is 0 Å². The third-order valence-corrected chi connectivity index (χ3v) is 4.48. The van der Waals surface area contributed by atoms with Gasteiger partial charge in [0.2, 0.25) is 0 Å². The molecular weight excluding hydrogens is 280 g/mol. The van der Waals surface area contributed by atoms with Gasteiger partial charge in [-0.2, -0.15) is 0 Å². The summed E-state index contributed by atoms with van der Waals surface area (Å²) >= 11 is 0. The molecule has 1 aliphatic carbocycles. The molecule has 0 amide bonds. The summed E-state index contributed by atoms with van der Waals surface area (Å²) in [4.78, 5) is 13.0. The van der Waals surface area contributed by atoms with Crippen molar-refractivity contribution in [2.24, 2.45) is 16.2 Å². The summed E-state index contributed by atoms with van der Waals surface area (Å²) in [6.45, 7) is 15.0. The van der Waals surface area contributed by atoms with Crippen molar-refractivity contribution in [1.82, 2.24) is 0 Å². The van der Waals surface area contributed by atoms with Crippen molar-refractivity contribution >= 4 is 5.78 Å². The Bertz CT molecular complexity index is 611. The van der Waals surface area contributed by atoms with Gasteiger partial charge in [-0.3, -0.25) is 4.79 Å². The van der Waals surface area contributed by atoms with Crippen LogP contribution in [-0.4, -0.2) is 5.78 Å². The quantitative estimate of drug-likeness (QED) is 0.678. The first-order valence-electron chi connectivity index (χ1n) is 8.48. The minimum absolute atomic E-state index is 0.125. The van der Waals surface area contributed by atoms with E-state index in [1.807, 2.05) is 6.07 Å². The normalized spacial score (nSPS) is 18.5. The zero-order valence-electron chi connectivity index (χ0n) is 15.7. The number of allylic oxidation sites excluding steroid dienone is 4. The van der Waals surface area contributed by atoms with Crippen LogP contribution in [0.25, 0.3) is 0 Å². The highest BCUT2D eigenvalue weighted by atomic mass is 16.1. The maximum atomic E-state index is 13.0. The van der Waals surface area contributed by atoms with Gasteiger partial charge >= 0.3 is 0 Å².